The van der Waals surface area contributed by atoms with E-state index in [-0.39, 0.29) is 0 Å². The fraction of sp³-hybridized carbons (Fsp3) is 0.0714. The smallest absolute Gasteiger partial charge is 0.263 e. The van der Waals surface area contributed by atoms with Crippen LogP contribution >= 0.6 is 11.8 Å². The van der Waals surface area contributed by atoms with Crippen molar-refractivity contribution in [2.75, 3.05) is 14.7 Å². The lowest BCUT2D eigenvalue weighted by Gasteiger charge is -2.47. The Morgan fingerprint density at radius 3 is 1.56 bits per heavy atom. The van der Waals surface area contributed by atoms with E-state index in [1.54, 1.807) is 12.4 Å². The number of hydrogen-bond acceptors (Lipinski definition) is 6. The maximum atomic E-state index is 4.88. The topological polar surface area (TPSA) is 35.5 Å². The van der Waals surface area contributed by atoms with Crippen molar-refractivity contribution in [2.45, 2.75) is 11.5 Å². The molecule has 0 saturated carbocycles. The molecule has 1 aromatic heterocycles. The Balaban J connectivity index is 1.58. The molecule has 1 fully saturated rings. The van der Waals surface area contributed by atoms with Crippen molar-refractivity contribution >= 4 is 40.5 Å². The van der Waals surface area contributed by atoms with Gasteiger partial charge in [0.15, 0.2) is 11.6 Å². The number of anilines is 5. The second-order valence-electron chi connectivity index (χ2n) is 8.29. The van der Waals surface area contributed by atoms with Gasteiger partial charge in [0.1, 0.15) is 0 Å². The minimum absolute atomic E-state index is 0.689. The lowest BCUT2D eigenvalue weighted by atomic mass is 10.2. The molecule has 0 radical (unpaired) electrons. The summed E-state index contributed by atoms with van der Waals surface area (Å²) in [6.45, 7) is 0. The van der Waals surface area contributed by atoms with Crippen LogP contribution in [-0.4, -0.2) is 15.1 Å². The van der Waals surface area contributed by atoms with E-state index in [0.717, 1.165) is 35.1 Å². The molecule has 34 heavy (non-hydrogen) atoms. The summed E-state index contributed by atoms with van der Waals surface area (Å²) < 4.78 is 0. The molecule has 1 aliphatic carbocycles. The Bertz CT molecular complexity index is 1350. The zero-order chi connectivity index (χ0) is 22.5. The number of nitrogens with zero attached hydrogens (tertiary/aromatic N) is 5. The van der Waals surface area contributed by atoms with Crippen molar-refractivity contribution in [3.63, 3.8) is 0 Å². The molecule has 0 N–H and O–H groups in total. The van der Waals surface area contributed by atoms with Crippen molar-refractivity contribution in [3.8, 4) is 0 Å². The van der Waals surface area contributed by atoms with Gasteiger partial charge in [-0.2, -0.15) is 0 Å². The van der Waals surface area contributed by atoms with Gasteiger partial charge >= 0.3 is 0 Å². The standard InChI is InChI=1S/C28H21N5S/c1-4-11-21(12-5-1)31-24-17-10-18-25(24)34-28(31)32(22-13-6-2-7-14-22)26-27(30-20-19-29-26)33(28)23-15-8-3-9-16-23/h1-9,11-20H,10H2. The molecule has 3 heterocycles. The van der Waals surface area contributed by atoms with Crippen LogP contribution < -0.4 is 14.7 Å². The maximum absolute atomic E-state index is 4.88. The van der Waals surface area contributed by atoms with E-state index < -0.39 is 5.12 Å². The normalized spacial score (nSPS) is 17.6. The first kappa shape index (κ1) is 19.4. The summed E-state index contributed by atoms with van der Waals surface area (Å²) >= 11 is 1.85. The predicted octanol–water partition coefficient (Wildman–Crippen LogP) is 6.80. The first-order valence-electron chi connectivity index (χ1n) is 11.3. The molecule has 0 bridgehead atoms. The van der Waals surface area contributed by atoms with Gasteiger partial charge in [0.05, 0.1) is 5.70 Å². The summed E-state index contributed by atoms with van der Waals surface area (Å²) in [6, 6.07) is 31.6. The summed E-state index contributed by atoms with van der Waals surface area (Å²) in [5.41, 5.74) is 4.49. The molecule has 1 spiro atoms. The van der Waals surface area contributed by atoms with Crippen molar-refractivity contribution in [3.05, 3.63) is 126 Å². The van der Waals surface area contributed by atoms with Crippen molar-refractivity contribution in [2.24, 2.45) is 0 Å². The second-order valence-corrected chi connectivity index (χ2v) is 9.48. The molecule has 0 unspecified atom stereocenters. The number of rotatable bonds is 3. The van der Waals surface area contributed by atoms with Gasteiger partial charge in [0.2, 0.25) is 0 Å². The van der Waals surface area contributed by atoms with E-state index >= 15 is 0 Å². The third-order valence-electron chi connectivity index (χ3n) is 6.36. The third kappa shape index (κ3) is 2.63. The number of aromatic nitrogens is 2. The molecule has 7 rings (SSSR count). The Hall–Kier alpha value is -4.03. The average Bonchev–Trinajstić information content (AvgIpc) is 3.55. The zero-order valence-corrected chi connectivity index (χ0v) is 19.1. The summed E-state index contributed by atoms with van der Waals surface area (Å²) in [5.74, 6) is 1.68. The molecule has 3 aliphatic rings. The van der Waals surface area contributed by atoms with Crippen LogP contribution in [0.15, 0.2) is 126 Å². The molecule has 164 valence electrons. The zero-order valence-electron chi connectivity index (χ0n) is 18.3. The van der Waals surface area contributed by atoms with E-state index in [9.17, 15) is 0 Å². The Morgan fingerprint density at radius 1 is 0.588 bits per heavy atom. The van der Waals surface area contributed by atoms with Crippen LogP contribution in [0.3, 0.4) is 0 Å². The van der Waals surface area contributed by atoms with Gasteiger partial charge in [-0.3, -0.25) is 14.7 Å². The second kappa shape index (κ2) is 7.50. The highest BCUT2D eigenvalue weighted by Crippen LogP contribution is 2.65. The van der Waals surface area contributed by atoms with Crippen LogP contribution in [0.2, 0.25) is 0 Å². The van der Waals surface area contributed by atoms with Crippen molar-refractivity contribution < 1.29 is 0 Å². The Kier molecular flexibility index (Phi) is 4.29. The molecule has 0 atom stereocenters. The quantitative estimate of drug-likeness (QED) is 0.335. The van der Waals surface area contributed by atoms with Gasteiger partial charge in [0.25, 0.3) is 5.12 Å². The van der Waals surface area contributed by atoms with E-state index in [4.69, 9.17) is 9.97 Å². The summed E-state index contributed by atoms with van der Waals surface area (Å²) in [4.78, 5) is 18.1. The number of allylic oxidation sites excluding steroid dienone is 2. The molecular weight excluding hydrogens is 438 g/mol. The minimum atomic E-state index is -0.689. The third-order valence-corrected chi connectivity index (χ3v) is 7.77. The number of para-hydroxylation sites is 3. The van der Waals surface area contributed by atoms with Gasteiger partial charge in [0, 0.05) is 34.4 Å². The highest BCUT2D eigenvalue weighted by molar-refractivity contribution is 8.05. The number of thioether (sulfide) groups is 1. The number of benzene rings is 3. The van der Waals surface area contributed by atoms with Crippen LogP contribution in [0.1, 0.15) is 6.42 Å². The van der Waals surface area contributed by atoms with Crippen LogP contribution in [0, 0.1) is 0 Å². The summed E-state index contributed by atoms with van der Waals surface area (Å²) in [6.07, 6.45) is 9.14. The molecule has 2 aliphatic heterocycles. The SMILES string of the molecule is C1=C2SC3(N(c4ccccc4)C2=CC1)N(c1ccccc1)c1nccnc1N3c1ccccc1. The maximum Gasteiger partial charge on any atom is 0.263 e. The highest BCUT2D eigenvalue weighted by Gasteiger charge is 2.63. The molecule has 0 amide bonds. The van der Waals surface area contributed by atoms with Gasteiger partial charge in [-0.1, -0.05) is 66.7 Å². The van der Waals surface area contributed by atoms with Crippen molar-refractivity contribution in [1.29, 1.82) is 0 Å². The van der Waals surface area contributed by atoms with E-state index in [2.05, 4.69) is 118 Å². The number of fused-ring (bicyclic) bond motifs is 2. The van der Waals surface area contributed by atoms with Crippen LogP contribution in [0.4, 0.5) is 28.7 Å². The summed E-state index contributed by atoms with van der Waals surface area (Å²) in [5, 5.41) is -0.689. The van der Waals surface area contributed by atoms with Gasteiger partial charge in [-0.25, -0.2) is 9.97 Å². The Labute approximate surface area is 202 Å². The van der Waals surface area contributed by atoms with E-state index in [0.29, 0.717) is 0 Å². The first-order valence-corrected chi connectivity index (χ1v) is 12.2. The molecule has 1 saturated heterocycles. The van der Waals surface area contributed by atoms with E-state index in [1.165, 1.54) is 10.6 Å². The largest absolute Gasteiger partial charge is 0.290 e. The van der Waals surface area contributed by atoms with Gasteiger partial charge in [-0.15, -0.1) is 0 Å². The molecule has 6 heteroatoms. The van der Waals surface area contributed by atoms with Crippen LogP contribution in [-0.2, 0) is 0 Å². The van der Waals surface area contributed by atoms with Gasteiger partial charge < -0.3 is 0 Å². The number of hydrogen-bond donors (Lipinski definition) is 0. The monoisotopic (exact) mass is 459 g/mol. The summed E-state index contributed by atoms with van der Waals surface area (Å²) in [7, 11) is 0. The highest BCUT2D eigenvalue weighted by atomic mass is 32.2. The molecular formula is C28H21N5S. The Morgan fingerprint density at radius 2 is 1.06 bits per heavy atom. The van der Waals surface area contributed by atoms with Crippen LogP contribution in [0.25, 0.3) is 0 Å². The first-order chi connectivity index (χ1) is 16.9. The van der Waals surface area contributed by atoms with Crippen LogP contribution in [0.5, 0.6) is 0 Å². The lowest BCUT2D eigenvalue weighted by Crippen LogP contribution is -2.60. The minimum Gasteiger partial charge on any atom is -0.290 e. The lowest BCUT2D eigenvalue weighted by molar-refractivity contribution is 0.632. The molecule has 4 aromatic rings. The van der Waals surface area contributed by atoms with Crippen molar-refractivity contribution in [1.82, 2.24) is 9.97 Å². The molecule has 3 aromatic carbocycles. The average molecular weight is 460 g/mol. The predicted molar refractivity (Wildman–Crippen MR) is 139 cm³/mol. The molecule has 5 nitrogen and oxygen atoms in total. The fourth-order valence-electron chi connectivity index (χ4n) is 5.05. The fourth-order valence-corrected chi connectivity index (χ4v) is 6.67. The van der Waals surface area contributed by atoms with E-state index in [1.807, 2.05) is 11.8 Å². The van der Waals surface area contributed by atoms with Gasteiger partial charge in [-0.05, 0) is 54.6 Å².